The van der Waals surface area contributed by atoms with Crippen LogP contribution in [0.2, 0.25) is 0 Å². The maximum Gasteiger partial charge on any atom is 0.264 e. The van der Waals surface area contributed by atoms with Crippen molar-refractivity contribution in [3.8, 4) is 17.2 Å². The molecule has 3 N–H and O–H groups in total. The molecule has 2 aromatic carbocycles. The van der Waals surface area contributed by atoms with Crippen molar-refractivity contribution in [1.29, 1.82) is 0 Å². The van der Waals surface area contributed by atoms with Gasteiger partial charge >= 0.3 is 0 Å². The van der Waals surface area contributed by atoms with Gasteiger partial charge in [0.25, 0.3) is 10.1 Å². The molecule has 38 heavy (non-hydrogen) atoms. The van der Waals surface area contributed by atoms with Gasteiger partial charge in [0, 0.05) is 45.4 Å². The van der Waals surface area contributed by atoms with Crippen LogP contribution in [-0.4, -0.2) is 60.6 Å². The molecule has 214 valence electrons. The Morgan fingerprint density at radius 2 is 1.26 bits per heavy atom. The molecule has 0 atom stereocenters. The topological polar surface area (TPSA) is 159 Å². The van der Waals surface area contributed by atoms with Gasteiger partial charge < -0.3 is 14.2 Å². The zero-order valence-corrected chi connectivity index (χ0v) is 23.7. The summed E-state index contributed by atoms with van der Waals surface area (Å²) in [5.74, 6) is 2.46. The van der Waals surface area contributed by atoms with Crippen LogP contribution in [0.4, 0.5) is 0 Å². The fourth-order valence-electron chi connectivity index (χ4n) is 2.85. The third kappa shape index (κ3) is 14.1. The van der Waals surface area contributed by atoms with Crippen molar-refractivity contribution >= 4 is 46.0 Å². The van der Waals surface area contributed by atoms with Crippen molar-refractivity contribution in [2.45, 2.75) is 36.0 Å². The predicted octanol–water partition coefficient (Wildman–Crippen LogP) is 5.48. The van der Waals surface area contributed by atoms with E-state index in [-0.39, 0.29) is 18.8 Å². The number of aryl methyl sites for hydroxylation is 1. The Labute approximate surface area is 234 Å². The lowest BCUT2D eigenvalue weighted by molar-refractivity contribution is -0.432. The molecule has 0 aliphatic carbocycles. The lowest BCUT2D eigenvalue weighted by Gasteiger charge is -2.15. The Kier molecular flexibility index (Phi) is 16.2. The minimum Gasteiger partial charge on any atom is -0.493 e. The number of ether oxygens (including phenoxy) is 3. The first-order valence-electron chi connectivity index (χ1n) is 11.3. The fraction of sp³-hybridized carbons (Fsp3) is 0.455. The van der Waals surface area contributed by atoms with E-state index in [0.29, 0.717) is 54.8 Å². The number of hydrogen-bond donors (Lipinski definition) is 3. The maximum atomic E-state index is 10.9. The molecule has 0 bridgehead atoms. The van der Waals surface area contributed by atoms with E-state index in [0.717, 1.165) is 39.4 Å². The average molecular weight is 615 g/mol. The van der Waals surface area contributed by atoms with Gasteiger partial charge in [0.1, 0.15) is 5.75 Å². The van der Waals surface area contributed by atoms with Crippen LogP contribution in [0.5, 0.6) is 17.2 Å². The van der Waals surface area contributed by atoms with Crippen LogP contribution < -0.4 is 14.2 Å². The normalized spacial score (nSPS) is 11.5. The zero-order chi connectivity index (χ0) is 27.6. The first kappa shape index (κ1) is 32.8. The second kappa shape index (κ2) is 18.8. The van der Waals surface area contributed by atoms with E-state index in [4.69, 9.17) is 29.3 Å². The molecule has 0 amide bonds. The largest absolute Gasteiger partial charge is 0.493 e. The SMILES string of the molecule is Cc1ccc(Sc2ccc(OCCCSOOO)c(OCCCSOOO)c2)cc1OCCCS(=O)(=O)O. The van der Waals surface area contributed by atoms with Gasteiger partial charge in [-0.2, -0.15) is 8.42 Å². The highest BCUT2D eigenvalue weighted by molar-refractivity contribution is 7.99. The summed E-state index contributed by atoms with van der Waals surface area (Å²) < 4.78 is 56.9. The van der Waals surface area contributed by atoms with Gasteiger partial charge in [-0.1, -0.05) is 27.9 Å². The highest BCUT2D eigenvalue weighted by atomic mass is 32.2. The molecule has 0 saturated carbocycles. The second-order valence-electron chi connectivity index (χ2n) is 7.46. The maximum absolute atomic E-state index is 10.9. The van der Waals surface area contributed by atoms with Gasteiger partial charge in [-0.05, 0) is 62.1 Å². The van der Waals surface area contributed by atoms with Gasteiger partial charge in [-0.25, -0.2) is 10.5 Å². The van der Waals surface area contributed by atoms with E-state index >= 15 is 0 Å². The molecule has 12 nitrogen and oxygen atoms in total. The fourth-order valence-corrected chi connectivity index (χ4v) is 4.91. The summed E-state index contributed by atoms with van der Waals surface area (Å²) in [4.78, 5) is 1.80. The van der Waals surface area contributed by atoms with E-state index in [1.807, 2.05) is 43.3 Å². The van der Waals surface area contributed by atoms with Crippen molar-refractivity contribution < 1.29 is 56.4 Å². The molecular formula is C22H30O12S4. The van der Waals surface area contributed by atoms with Crippen LogP contribution >= 0.6 is 35.8 Å². The van der Waals surface area contributed by atoms with Gasteiger partial charge in [0.2, 0.25) is 0 Å². The summed E-state index contributed by atoms with van der Waals surface area (Å²) in [6.45, 7) is 2.81. The van der Waals surface area contributed by atoms with Crippen LogP contribution in [-0.2, 0) is 28.9 Å². The zero-order valence-electron chi connectivity index (χ0n) is 20.5. The van der Waals surface area contributed by atoms with E-state index < -0.39 is 10.1 Å². The molecule has 0 aliphatic heterocycles. The van der Waals surface area contributed by atoms with Crippen LogP contribution in [0.25, 0.3) is 0 Å². The van der Waals surface area contributed by atoms with E-state index in [1.165, 1.54) is 11.8 Å². The average Bonchev–Trinajstić information content (AvgIpc) is 2.88. The monoisotopic (exact) mass is 614 g/mol. The predicted molar refractivity (Wildman–Crippen MR) is 143 cm³/mol. The molecular weight excluding hydrogens is 584 g/mol. The van der Waals surface area contributed by atoms with Gasteiger partial charge in [-0.3, -0.25) is 4.55 Å². The van der Waals surface area contributed by atoms with Gasteiger partial charge in [0.15, 0.2) is 11.5 Å². The highest BCUT2D eigenvalue weighted by Crippen LogP contribution is 2.37. The standard InChI is InChI=1S/C22H30O12S4/c1-17-5-6-18(15-21(17)29-11-4-14-38(25,26)27)37-19-7-8-20(28-9-2-12-35-33-31-23)22(16-19)30-10-3-13-36-34-32-24/h5-8,15-16,23-24H,2-4,9-14H2,1H3,(H,25,26,27). The van der Waals surface area contributed by atoms with Gasteiger partial charge in [0.05, 0.1) is 25.6 Å². The van der Waals surface area contributed by atoms with E-state index in [1.54, 1.807) is 0 Å². The smallest absolute Gasteiger partial charge is 0.264 e. The Hall–Kier alpha value is -1.44. The third-order valence-corrected chi connectivity index (χ3v) is 7.54. The lowest BCUT2D eigenvalue weighted by atomic mass is 10.2. The summed E-state index contributed by atoms with van der Waals surface area (Å²) in [5, 5.41) is 23.5. The summed E-state index contributed by atoms with van der Waals surface area (Å²) >= 11 is 3.39. The minimum atomic E-state index is -4.02. The molecule has 2 aromatic rings. The molecule has 16 heteroatoms. The summed E-state index contributed by atoms with van der Waals surface area (Å²) in [6.07, 6.45) is 1.43. The first-order valence-corrected chi connectivity index (χ1v) is 15.5. The number of hydrogen-bond acceptors (Lipinski definition) is 14. The van der Waals surface area contributed by atoms with Crippen molar-refractivity contribution in [2.24, 2.45) is 0 Å². The minimum absolute atomic E-state index is 0.157. The number of rotatable bonds is 21. The molecule has 0 heterocycles. The van der Waals surface area contributed by atoms with Crippen LogP contribution in [0.3, 0.4) is 0 Å². The second-order valence-corrected chi connectivity index (χ2v) is 11.7. The van der Waals surface area contributed by atoms with Gasteiger partial charge in [-0.15, -0.1) is 8.67 Å². The van der Waals surface area contributed by atoms with Crippen LogP contribution in [0.1, 0.15) is 24.8 Å². The molecule has 0 unspecified atom stereocenters. The summed E-state index contributed by atoms with van der Waals surface area (Å²) in [5.41, 5.74) is 0.900. The van der Waals surface area contributed by atoms with Crippen LogP contribution in [0, 0.1) is 6.92 Å². The van der Waals surface area contributed by atoms with Crippen molar-refractivity contribution in [3.05, 3.63) is 42.0 Å². The lowest BCUT2D eigenvalue weighted by Crippen LogP contribution is -2.08. The van der Waals surface area contributed by atoms with Crippen molar-refractivity contribution in [3.63, 3.8) is 0 Å². The Balaban J connectivity index is 2.02. The Morgan fingerprint density at radius 3 is 1.87 bits per heavy atom. The quantitative estimate of drug-likeness (QED) is 0.0533. The Bertz CT molecular complexity index is 1050. The molecule has 0 aliphatic rings. The molecule has 0 saturated heterocycles. The first-order chi connectivity index (χ1) is 18.3. The summed E-state index contributed by atoms with van der Waals surface area (Å²) in [6, 6.07) is 11.3. The molecule has 0 fully saturated rings. The van der Waals surface area contributed by atoms with Crippen molar-refractivity contribution in [1.82, 2.24) is 0 Å². The summed E-state index contributed by atoms with van der Waals surface area (Å²) in [7, 11) is -4.02. The van der Waals surface area contributed by atoms with E-state index in [2.05, 4.69) is 18.7 Å². The molecule has 0 radical (unpaired) electrons. The van der Waals surface area contributed by atoms with Crippen LogP contribution in [0.15, 0.2) is 46.2 Å². The molecule has 0 spiro atoms. The highest BCUT2D eigenvalue weighted by Gasteiger charge is 2.11. The molecule has 0 aromatic heterocycles. The number of benzene rings is 2. The Morgan fingerprint density at radius 1 is 0.737 bits per heavy atom. The third-order valence-electron chi connectivity index (χ3n) is 4.53. The molecule has 2 rings (SSSR count). The van der Waals surface area contributed by atoms with Crippen molar-refractivity contribution in [2.75, 3.05) is 37.1 Å². The van der Waals surface area contributed by atoms with E-state index in [9.17, 15) is 8.42 Å².